The van der Waals surface area contributed by atoms with Crippen LogP contribution in [0.3, 0.4) is 0 Å². The first-order valence-corrected chi connectivity index (χ1v) is 24.4. The molecule has 0 radical (unpaired) electrons. The van der Waals surface area contributed by atoms with Gasteiger partial charge in [-0.25, -0.2) is 49.7 Å². The molecule has 3 aromatic carbocycles. The highest BCUT2D eigenvalue weighted by molar-refractivity contribution is 5.98. The number of rotatable bonds is 16. The molecule has 6 aromatic heterocycles. The number of ketones is 2. The zero-order valence-electron chi connectivity index (χ0n) is 43.6. The number of anilines is 3. The monoisotopic (exact) mass is 1020 g/mol. The van der Waals surface area contributed by atoms with E-state index in [1.165, 1.54) is 25.0 Å². The fourth-order valence-electron chi connectivity index (χ4n) is 7.53. The topological polar surface area (TPSA) is 301 Å². The number of Topliss-reactive ketones (excluding diaryl/α,β-unsaturated/α-hetero) is 2. The van der Waals surface area contributed by atoms with E-state index in [-0.39, 0.29) is 17.1 Å². The highest BCUT2D eigenvalue weighted by Gasteiger charge is 2.13. The minimum absolute atomic E-state index is 0.146. The number of nitrogens with two attached hydrogens (primary N) is 4. The lowest BCUT2D eigenvalue weighted by atomic mass is 10.0. The zero-order chi connectivity index (χ0) is 54.7. The first kappa shape index (κ1) is 56.5. The van der Waals surface area contributed by atoms with Crippen molar-refractivity contribution in [1.82, 2.24) is 59.6 Å². The van der Waals surface area contributed by atoms with E-state index in [1.54, 1.807) is 30.3 Å². The maximum Gasteiger partial charge on any atom is 0.335 e. The summed E-state index contributed by atoms with van der Waals surface area (Å²) in [6.45, 7) is 3.54. The zero-order valence-corrected chi connectivity index (χ0v) is 43.6. The molecule has 9 rings (SSSR count). The molecule has 0 aliphatic carbocycles. The summed E-state index contributed by atoms with van der Waals surface area (Å²) in [5.41, 5.74) is 32.6. The number of hydrogen-bond acceptors (Lipinski definition) is 19. The summed E-state index contributed by atoms with van der Waals surface area (Å²) in [4.78, 5) is 79.8. The van der Waals surface area contributed by atoms with Crippen LogP contribution in [0.15, 0.2) is 128 Å². The molecule has 392 valence electrons. The number of aromatic nitrogens is 9. The Morgan fingerprint density at radius 3 is 1.08 bits per heavy atom. The lowest BCUT2D eigenvalue weighted by molar-refractivity contribution is 0.0696. The third-order valence-corrected chi connectivity index (χ3v) is 11.5. The summed E-state index contributed by atoms with van der Waals surface area (Å²) >= 11 is 0. The Bertz CT molecular complexity index is 3280. The molecule has 76 heavy (non-hydrogen) atoms. The quantitative estimate of drug-likeness (QED) is 0.0604. The van der Waals surface area contributed by atoms with Gasteiger partial charge in [-0.2, -0.15) is 0 Å². The third-order valence-electron chi connectivity index (χ3n) is 11.5. The van der Waals surface area contributed by atoms with E-state index in [0.29, 0.717) is 85.8 Å². The van der Waals surface area contributed by atoms with Crippen molar-refractivity contribution >= 4 is 68.1 Å². The average Bonchev–Trinajstić information content (AvgIpc) is 3.41. The van der Waals surface area contributed by atoms with E-state index in [0.717, 1.165) is 61.5 Å². The van der Waals surface area contributed by atoms with Crippen molar-refractivity contribution < 1.29 is 19.5 Å². The Balaban J connectivity index is 0.000000176. The molecule has 0 bridgehead atoms. The van der Waals surface area contributed by atoms with Crippen LogP contribution in [-0.2, 0) is 0 Å². The SMILES string of the molecule is CN(C)CCCC(=O)c1cccc(-c2ccc3ncnc(N)c3n2)c1.CN(C)CCCC(=O)c1cccc(-c2ccc3ncnc(N)c3n2)c1.CN(C)CCN.Nc1ncnc2ccc(-c3cccc(C(=O)O)c3)nc12. The summed E-state index contributed by atoms with van der Waals surface area (Å²) in [6.07, 6.45) is 6.99. The number of likely N-dealkylation sites (N-methyl/N-ethyl adjacent to an activating group) is 1. The Morgan fingerprint density at radius 2 is 0.776 bits per heavy atom. The van der Waals surface area contributed by atoms with Crippen LogP contribution >= 0.6 is 0 Å². The molecule has 0 unspecified atom stereocenters. The van der Waals surface area contributed by atoms with E-state index in [4.69, 9.17) is 28.0 Å². The largest absolute Gasteiger partial charge is 0.478 e. The predicted molar refractivity (Wildman–Crippen MR) is 300 cm³/mol. The maximum atomic E-state index is 12.4. The highest BCUT2D eigenvalue weighted by atomic mass is 16.4. The van der Waals surface area contributed by atoms with Gasteiger partial charge in [0.1, 0.15) is 35.5 Å². The van der Waals surface area contributed by atoms with Crippen molar-refractivity contribution in [3.8, 4) is 33.8 Å². The molecule has 0 saturated heterocycles. The van der Waals surface area contributed by atoms with E-state index in [2.05, 4.69) is 59.6 Å². The van der Waals surface area contributed by atoms with E-state index >= 15 is 0 Å². The summed E-state index contributed by atoms with van der Waals surface area (Å²) in [6, 6.07) is 32.7. The number of carboxylic acids is 1. The van der Waals surface area contributed by atoms with Crippen molar-refractivity contribution in [3.63, 3.8) is 0 Å². The van der Waals surface area contributed by atoms with Crippen LogP contribution in [0.25, 0.3) is 66.9 Å². The summed E-state index contributed by atoms with van der Waals surface area (Å²) in [5.74, 6) is 0.312. The Hall–Kier alpha value is -8.82. The van der Waals surface area contributed by atoms with Crippen molar-refractivity contribution in [3.05, 3.63) is 145 Å². The molecule has 0 aliphatic rings. The number of nitrogens with zero attached hydrogens (tertiary/aromatic N) is 12. The molecule has 0 aliphatic heterocycles. The van der Waals surface area contributed by atoms with Gasteiger partial charge in [-0.1, -0.05) is 48.5 Å². The lowest BCUT2D eigenvalue weighted by Crippen LogP contribution is -2.20. The van der Waals surface area contributed by atoms with Crippen molar-refractivity contribution in [2.75, 3.05) is 85.7 Å². The fourth-order valence-corrected chi connectivity index (χ4v) is 7.53. The van der Waals surface area contributed by atoms with E-state index in [1.807, 2.05) is 115 Å². The number of fused-ring (bicyclic) bond motifs is 3. The van der Waals surface area contributed by atoms with Crippen LogP contribution in [0.5, 0.6) is 0 Å². The van der Waals surface area contributed by atoms with Gasteiger partial charge in [0, 0.05) is 53.7 Å². The van der Waals surface area contributed by atoms with Crippen molar-refractivity contribution in [2.24, 2.45) is 5.73 Å². The standard InChI is InChI=1S/2C19H21N5O.C14H10N4O2.C4H12N2/c2*1-24(2)10-4-7-17(25)14-6-3-5-13(11-14)15-8-9-16-18(23-15)19(20)22-12-21-16;15-13-12-11(16-7-17-13)5-4-10(18-12)8-2-1-3-9(6-8)14(19)20;1-6(2)4-3-5/h2*3,5-6,8-9,11-12H,4,7,10H2,1-2H3,(H2,20,21,22);1-7H,(H,19,20)(H2,15,16,17);3-5H2,1-2H3. The molecule has 0 atom stereocenters. The molecule has 0 spiro atoms. The van der Waals surface area contributed by atoms with Crippen molar-refractivity contribution in [1.29, 1.82) is 0 Å². The molecular formula is C56H64N16O4. The van der Waals surface area contributed by atoms with Gasteiger partial charge in [0.05, 0.1) is 39.2 Å². The lowest BCUT2D eigenvalue weighted by Gasteiger charge is -2.09. The van der Waals surface area contributed by atoms with Gasteiger partial charge in [-0.05, 0) is 129 Å². The van der Waals surface area contributed by atoms with Gasteiger partial charge >= 0.3 is 5.97 Å². The first-order chi connectivity index (χ1) is 36.5. The number of nitrogen functional groups attached to an aromatic ring is 3. The van der Waals surface area contributed by atoms with E-state index < -0.39 is 5.97 Å². The molecule has 20 nitrogen and oxygen atoms in total. The molecule has 20 heteroatoms. The van der Waals surface area contributed by atoms with Gasteiger partial charge in [-0.3, -0.25) is 9.59 Å². The van der Waals surface area contributed by atoms with Crippen LogP contribution < -0.4 is 22.9 Å². The van der Waals surface area contributed by atoms with E-state index in [9.17, 15) is 14.4 Å². The molecule has 9 aromatic rings. The van der Waals surface area contributed by atoms with Gasteiger partial charge < -0.3 is 42.7 Å². The van der Waals surface area contributed by atoms with Gasteiger partial charge in [0.15, 0.2) is 29.0 Å². The van der Waals surface area contributed by atoms with Crippen LogP contribution in [0.4, 0.5) is 17.5 Å². The van der Waals surface area contributed by atoms with Crippen LogP contribution in [0.1, 0.15) is 56.8 Å². The summed E-state index contributed by atoms with van der Waals surface area (Å²) in [7, 11) is 12.0. The third kappa shape index (κ3) is 16.1. The molecule has 6 heterocycles. The van der Waals surface area contributed by atoms with Crippen molar-refractivity contribution in [2.45, 2.75) is 25.7 Å². The normalized spacial score (nSPS) is 10.9. The molecule has 0 fully saturated rings. The van der Waals surface area contributed by atoms with Crippen LogP contribution in [0.2, 0.25) is 0 Å². The smallest absolute Gasteiger partial charge is 0.335 e. The fraction of sp³-hybridized carbons (Fsp3) is 0.250. The molecule has 9 N–H and O–H groups in total. The second-order valence-electron chi connectivity index (χ2n) is 18.3. The number of hydrogen-bond donors (Lipinski definition) is 5. The number of pyridine rings is 3. The maximum absolute atomic E-state index is 12.4. The summed E-state index contributed by atoms with van der Waals surface area (Å²) < 4.78 is 0. The predicted octanol–water partition coefficient (Wildman–Crippen LogP) is 7.08. The Labute approximate surface area is 441 Å². The Kier molecular flexibility index (Phi) is 20.4. The van der Waals surface area contributed by atoms with Gasteiger partial charge in [0.25, 0.3) is 0 Å². The minimum atomic E-state index is -0.976. The number of benzene rings is 3. The molecule has 0 saturated carbocycles. The number of carboxylic acid groups (broad SMARTS) is 1. The second kappa shape index (κ2) is 27.5. The van der Waals surface area contributed by atoms with Crippen LogP contribution in [-0.4, -0.2) is 151 Å². The first-order valence-electron chi connectivity index (χ1n) is 24.4. The van der Waals surface area contributed by atoms with Crippen LogP contribution in [0, 0.1) is 0 Å². The highest BCUT2D eigenvalue weighted by Crippen LogP contribution is 2.26. The number of carbonyl (C=O) groups is 3. The number of carbonyl (C=O) groups excluding carboxylic acids is 2. The molecular weight excluding hydrogens is 961 g/mol. The summed E-state index contributed by atoms with van der Waals surface area (Å²) in [5, 5.41) is 9.01. The second-order valence-corrected chi connectivity index (χ2v) is 18.3. The van der Waals surface area contributed by atoms with Gasteiger partial charge in [0.2, 0.25) is 0 Å². The minimum Gasteiger partial charge on any atom is -0.478 e. The van der Waals surface area contributed by atoms with Gasteiger partial charge in [-0.15, -0.1) is 0 Å². The number of aromatic carboxylic acids is 1. The average molecular weight is 1030 g/mol. The molecule has 0 amide bonds. The Morgan fingerprint density at radius 1 is 0.447 bits per heavy atom.